The van der Waals surface area contributed by atoms with Crippen LogP contribution in [0.25, 0.3) is 0 Å². The molecule has 3 nitrogen and oxygen atoms in total. The van der Waals surface area contributed by atoms with Crippen LogP contribution in [0.1, 0.15) is 36.5 Å². The molecule has 0 fully saturated rings. The summed E-state index contributed by atoms with van der Waals surface area (Å²) in [5, 5.41) is 2.92. The van der Waals surface area contributed by atoms with Crippen molar-refractivity contribution >= 4 is 0 Å². The van der Waals surface area contributed by atoms with Gasteiger partial charge in [0.2, 0.25) is 0 Å². The fourth-order valence-corrected chi connectivity index (χ4v) is 2.33. The highest BCUT2D eigenvalue weighted by Gasteiger charge is 2.12. The minimum atomic E-state index is -0.419. The van der Waals surface area contributed by atoms with Crippen LogP contribution in [-0.2, 0) is 6.54 Å². The van der Waals surface area contributed by atoms with Gasteiger partial charge >= 0.3 is 0 Å². The van der Waals surface area contributed by atoms with E-state index in [0.29, 0.717) is 23.8 Å². The number of aryl methyl sites for hydroxylation is 1. The molecule has 0 amide bonds. The lowest BCUT2D eigenvalue weighted by atomic mass is 9.98. The summed E-state index contributed by atoms with van der Waals surface area (Å²) in [5.74, 6) is 0.648. The van der Waals surface area contributed by atoms with Crippen LogP contribution < -0.4 is 10.1 Å². The first kappa shape index (κ1) is 15.4. The average molecular weight is 288 g/mol. The van der Waals surface area contributed by atoms with E-state index in [0.717, 1.165) is 5.56 Å². The Labute approximate surface area is 125 Å². The van der Waals surface area contributed by atoms with Crippen LogP contribution in [-0.4, -0.2) is 12.0 Å². The first-order chi connectivity index (χ1) is 10.0. The molecule has 1 aromatic heterocycles. The van der Waals surface area contributed by atoms with Gasteiger partial charge in [-0.15, -0.1) is 0 Å². The summed E-state index contributed by atoms with van der Waals surface area (Å²) in [5.41, 5.74) is 2.94. The number of hydrogen-bond donors (Lipinski definition) is 1. The van der Waals surface area contributed by atoms with Crippen LogP contribution in [0.3, 0.4) is 0 Å². The van der Waals surface area contributed by atoms with Gasteiger partial charge in [-0.2, -0.15) is 0 Å². The summed E-state index contributed by atoms with van der Waals surface area (Å²) in [6.45, 7) is 6.76. The first-order valence-electron chi connectivity index (χ1n) is 7.09. The Bertz CT molecular complexity index is 626. The van der Waals surface area contributed by atoms with Crippen molar-refractivity contribution in [2.45, 2.75) is 33.2 Å². The molecule has 0 aliphatic carbocycles. The number of nitrogens with zero attached hydrogens (tertiary/aromatic N) is 1. The Balaban J connectivity index is 2.26. The van der Waals surface area contributed by atoms with E-state index < -0.39 is 5.82 Å². The minimum Gasteiger partial charge on any atom is -0.436 e. The molecule has 21 heavy (non-hydrogen) atoms. The standard InChI is InChI=1S/C17H21FN2O/c1-11(2)15-6-5-14(9-12(15)3)21-17-16(18)13(10-19-4)7-8-20-17/h5-9,11,19H,10H2,1-4H3. The van der Waals surface area contributed by atoms with Crippen LogP contribution in [0.2, 0.25) is 0 Å². The van der Waals surface area contributed by atoms with Gasteiger partial charge in [-0.05, 0) is 49.2 Å². The predicted molar refractivity (Wildman–Crippen MR) is 82.3 cm³/mol. The van der Waals surface area contributed by atoms with Crippen molar-refractivity contribution in [3.8, 4) is 11.6 Å². The molecule has 1 N–H and O–H groups in total. The topological polar surface area (TPSA) is 34.2 Å². The van der Waals surface area contributed by atoms with Gasteiger partial charge in [0.1, 0.15) is 5.75 Å². The lowest BCUT2D eigenvalue weighted by molar-refractivity contribution is 0.417. The third kappa shape index (κ3) is 3.58. The number of halogens is 1. The van der Waals surface area contributed by atoms with Gasteiger partial charge in [0.25, 0.3) is 5.88 Å². The maximum absolute atomic E-state index is 14.2. The maximum atomic E-state index is 14.2. The molecule has 1 aromatic carbocycles. The normalized spacial score (nSPS) is 11.0. The number of pyridine rings is 1. The summed E-state index contributed by atoms with van der Waals surface area (Å²) in [7, 11) is 1.77. The second kappa shape index (κ2) is 6.68. The van der Waals surface area contributed by atoms with E-state index in [1.165, 1.54) is 5.56 Å². The zero-order chi connectivity index (χ0) is 15.4. The monoisotopic (exact) mass is 288 g/mol. The molecule has 0 bridgehead atoms. The fourth-order valence-electron chi connectivity index (χ4n) is 2.33. The summed E-state index contributed by atoms with van der Waals surface area (Å²) >= 11 is 0. The van der Waals surface area contributed by atoms with Crippen LogP contribution >= 0.6 is 0 Å². The van der Waals surface area contributed by atoms with Crippen molar-refractivity contribution < 1.29 is 9.13 Å². The highest BCUT2D eigenvalue weighted by molar-refractivity contribution is 5.38. The van der Waals surface area contributed by atoms with Crippen molar-refractivity contribution in [2.24, 2.45) is 0 Å². The third-order valence-corrected chi connectivity index (χ3v) is 3.38. The lowest BCUT2D eigenvalue weighted by Crippen LogP contribution is -2.08. The van der Waals surface area contributed by atoms with Crippen molar-refractivity contribution in [2.75, 3.05) is 7.05 Å². The molecule has 0 atom stereocenters. The van der Waals surface area contributed by atoms with E-state index in [-0.39, 0.29) is 5.88 Å². The number of aromatic nitrogens is 1. The molecule has 112 valence electrons. The molecular formula is C17H21FN2O. The number of ether oxygens (including phenoxy) is 1. The molecule has 0 spiro atoms. The van der Waals surface area contributed by atoms with Crippen LogP contribution in [0.15, 0.2) is 30.5 Å². The quantitative estimate of drug-likeness (QED) is 0.897. The number of nitrogens with one attached hydrogen (secondary N) is 1. The molecule has 0 saturated carbocycles. The van der Waals surface area contributed by atoms with Crippen LogP contribution in [0.4, 0.5) is 4.39 Å². The minimum absolute atomic E-state index is 0.0134. The lowest BCUT2D eigenvalue weighted by Gasteiger charge is -2.13. The largest absolute Gasteiger partial charge is 0.436 e. The molecule has 2 rings (SSSR count). The van der Waals surface area contributed by atoms with E-state index in [9.17, 15) is 4.39 Å². The Hall–Kier alpha value is -1.94. The highest BCUT2D eigenvalue weighted by atomic mass is 19.1. The van der Waals surface area contributed by atoms with Gasteiger partial charge < -0.3 is 10.1 Å². The van der Waals surface area contributed by atoms with E-state index in [1.54, 1.807) is 19.3 Å². The predicted octanol–water partition coefficient (Wildman–Crippen LogP) is 4.16. The Morgan fingerprint density at radius 2 is 2.05 bits per heavy atom. The molecule has 1 heterocycles. The van der Waals surface area contributed by atoms with Crippen LogP contribution in [0, 0.1) is 12.7 Å². The van der Waals surface area contributed by atoms with Crippen molar-refractivity contribution in [1.82, 2.24) is 10.3 Å². The van der Waals surface area contributed by atoms with Crippen molar-refractivity contribution in [3.05, 3.63) is 53.0 Å². The van der Waals surface area contributed by atoms with E-state index >= 15 is 0 Å². The highest BCUT2D eigenvalue weighted by Crippen LogP contribution is 2.28. The Kier molecular flexibility index (Phi) is 4.91. The smallest absolute Gasteiger partial charge is 0.256 e. The SMILES string of the molecule is CNCc1ccnc(Oc2ccc(C(C)C)c(C)c2)c1F. The van der Waals surface area contributed by atoms with Crippen molar-refractivity contribution in [3.63, 3.8) is 0 Å². The molecule has 0 saturated heterocycles. The van der Waals surface area contributed by atoms with Gasteiger partial charge in [-0.25, -0.2) is 9.37 Å². The Morgan fingerprint density at radius 3 is 2.67 bits per heavy atom. The molecule has 0 aliphatic heterocycles. The maximum Gasteiger partial charge on any atom is 0.256 e. The van der Waals surface area contributed by atoms with Gasteiger partial charge in [-0.3, -0.25) is 0 Å². The third-order valence-electron chi connectivity index (χ3n) is 3.38. The number of benzene rings is 1. The Morgan fingerprint density at radius 1 is 1.29 bits per heavy atom. The summed E-state index contributed by atoms with van der Waals surface area (Å²) in [4.78, 5) is 3.98. The first-order valence-corrected chi connectivity index (χ1v) is 7.09. The molecule has 0 unspecified atom stereocenters. The zero-order valence-corrected chi connectivity index (χ0v) is 12.9. The molecule has 0 radical (unpaired) electrons. The molecular weight excluding hydrogens is 267 g/mol. The molecule has 4 heteroatoms. The fraction of sp³-hybridized carbons (Fsp3) is 0.353. The van der Waals surface area contributed by atoms with Crippen molar-refractivity contribution in [1.29, 1.82) is 0 Å². The summed E-state index contributed by atoms with van der Waals surface area (Å²) in [6.07, 6.45) is 1.56. The van der Waals surface area contributed by atoms with Gasteiger partial charge in [-0.1, -0.05) is 19.9 Å². The number of hydrogen-bond acceptors (Lipinski definition) is 3. The summed E-state index contributed by atoms with van der Waals surface area (Å²) in [6, 6.07) is 7.44. The molecule has 2 aromatic rings. The second-order valence-electron chi connectivity index (χ2n) is 5.39. The average Bonchev–Trinajstić information content (AvgIpc) is 2.43. The molecule has 0 aliphatic rings. The second-order valence-corrected chi connectivity index (χ2v) is 5.39. The van der Waals surface area contributed by atoms with Crippen LogP contribution in [0.5, 0.6) is 11.6 Å². The summed E-state index contributed by atoms with van der Waals surface area (Å²) < 4.78 is 19.8. The van der Waals surface area contributed by atoms with Gasteiger partial charge in [0.05, 0.1) is 0 Å². The zero-order valence-electron chi connectivity index (χ0n) is 12.9. The van der Waals surface area contributed by atoms with E-state index in [4.69, 9.17) is 4.74 Å². The number of rotatable bonds is 5. The van der Waals surface area contributed by atoms with Gasteiger partial charge in [0, 0.05) is 18.3 Å². The van der Waals surface area contributed by atoms with E-state index in [2.05, 4.69) is 24.1 Å². The van der Waals surface area contributed by atoms with Gasteiger partial charge in [0.15, 0.2) is 5.82 Å². The van der Waals surface area contributed by atoms with E-state index in [1.807, 2.05) is 25.1 Å².